The smallest absolute Gasteiger partial charge is 0.239 e. The van der Waals surface area contributed by atoms with E-state index in [0.29, 0.717) is 11.3 Å². The van der Waals surface area contributed by atoms with Crippen LogP contribution in [0.1, 0.15) is 0 Å². The lowest BCUT2D eigenvalue weighted by Crippen LogP contribution is -2.08. The van der Waals surface area contributed by atoms with Crippen LogP contribution in [0.4, 0.5) is 0 Å². The van der Waals surface area contributed by atoms with E-state index in [-0.39, 0.29) is 34.0 Å². The number of benzene rings is 2. The second-order valence-electron chi connectivity index (χ2n) is 4.86. The quantitative estimate of drug-likeness (QED) is 0.772. The van der Waals surface area contributed by atoms with Gasteiger partial charge in [-0.2, -0.15) is 0 Å². The van der Waals surface area contributed by atoms with Crippen molar-refractivity contribution in [1.29, 1.82) is 0 Å². The van der Waals surface area contributed by atoms with Gasteiger partial charge in [0.05, 0.1) is 14.2 Å². The number of ether oxygens (including phenoxy) is 2. The van der Waals surface area contributed by atoms with Gasteiger partial charge in [-0.25, -0.2) is 0 Å². The molecule has 6 heteroatoms. The SMILES string of the molecule is COc1cc(O)c2c(=O)c(OC)c(-c3ccc(O)cc3)oc2c1. The van der Waals surface area contributed by atoms with Gasteiger partial charge in [-0.1, -0.05) is 0 Å². The first-order chi connectivity index (χ1) is 11.0. The molecule has 0 radical (unpaired) electrons. The first-order valence-electron chi connectivity index (χ1n) is 6.76. The van der Waals surface area contributed by atoms with Gasteiger partial charge in [0.1, 0.15) is 28.2 Å². The van der Waals surface area contributed by atoms with Crippen LogP contribution in [0.5, 0.6) is 23.0 Å². The van der Waals surface area contributed by atoms with Crippen molar-refractivity contribution >= 4 is 11.0 Å². The molecule has 0 atom stereocenters. The standard InChI is InChI=1S/C17H14O6/c1-21-11-7-12(19)14-13(8-11)23-16(17(22-2)15(14)20)9-3-5-10(18)6-4-9/h3-8,18-19H,1-2H3. The molecule has 2 aromatic carbocycles. The molecule has 1 aromatic heterocycles. The molecule has 0 aliphatic heterocycles. The van der Waals surface area contributed by atoms with E-state index in [1.165, 1.54) is 38.5 Å². The topological polar surface area (TPSA) is 89.1 Å². The highest BCUT2D eigenvalue weighted by molar-refractivity contribution is 5.88. The molecular weight excluding hydrogens is 300 g/mol. The predicted octanol–water partition coefficient (Wildman–Crippen LogP) is 2.89. The number of phenols is 2. The Morgan fingerprint density at radius 2 is 1.70 bits per heavy atom. The summed E-state index contributed by atoms with van der Waals surface area (Å²) in [6, 6.07) is 8.99. The van der Waals surface area contributed by atoms with E-state index in [4.69, 9.17) is 13.9 Å². The second kappa shape index (κ2) is 5.57. The molecule has 0 amide bonds. The highest BCUT2D eigenvalue weighted by atomic mass is 16.5. The predicted molar refractivity (Wildman–Crippen MR) is 84.4 cm³/mol. The molecule has 2 N–H and O–H groups in total. The number of hydrogen-bond donors (Lipinski definition) is 2. The normalized spacial score (nSPS) is 10.7. The van der Waals surface area contributed by atoms with E-state index in [9.17, 15) is 15.0 Å². The Morgan fingerprint density at radius 3 is 2.30 bits per heavy atom. The zero-order valence-corrected chi connectivity index (χ0v) is 12.5. The molecular formula is C17H14O6. The summed E-state index contributed by atoms with van der Waals surface area (Å²) < 4.78 is 16.0. The molecule has 3 rings (SSSR count). The van der Waals surface area contributed by atoms with E-state index >= 15 is 0 Å². The highest BCUT2D eigenvalue weighted by Crippen LogP contribution is 2.35. The van der Waals surface area contributed by atoms with Gasteiger partial charge in [-0.15, -0.1) is 0 Å². The third-order valence-electron chi connectivity index (χ3n) is 3.48. The number of rotatable bonds is 3. The van der Waals surface area contributed by atoms with Crippen LogP contribution < -0.4 is 14.9 Å². The Morgan fingerprint density at radius 1 is 1.00 bits per heavy atom. The summed E-state index contributed by atoms with van der Waals surface area (Å²) in [7, 11) is 2.80. The van der Waals surface area contributed by atoms with Gasteiger partial charge in [0.25, 0.3) is 0 Å². The van der Waals surface area contributed by atoms with Gasteiger partial charge in [0, 0.05) is 17.7 Å². The number of methoxy groups -OCH3 is 2. The van der Waals surface area contributed by atoms with Crippen molar-refractivity contribution < 1.29 is 24.1 Å². The molecule has 1 heterocycles. The van der Waals surface area contributed by atoms with Gasteiger partial charge < -0.3 is 24.1 Å². The van der Waals surface area contributed by atoms with E-state index in [1.807, 2.05) is 0 Å². The van der Waals surface area contributed by atoms with E-state index < -0.39 is 5.43 Å². The first-order valence-corrected chi connectivity index (χ1v) is 6.76. The lowest BCUT2D eigenvalue weighted by atomic mass is 10.1. The van der Waals surface area contributed by atoms with Crippen LogP contribution in [0.3, 0.4) is 0 Å². The third kappa shape index (κ3) is 2.44. The first kappa shape index (κ1) is 14.8. The Labute approximate surface area is 131 Å². The summed E-state index contributed by atoms with van der Waals surface area (Å²) in [6.45, 7) is 0. The van der Waals surface area contributed by atoms with Crippen molar-refractivity contribution in [3.63, 3.8) is 0 Å². The highest BCUT2D eigenvalue weighted by Gasteiger charge is 2.20. The molecule has 0 fully saturated rings. The van der Waals surface area contributed by atoms with Crippen LogP contribution >= 0.6 is 0 Å². The third-order valence-corrected chi connectivity index (χ3v) is 3.48. The maximum absolute atomic E-state index is 12.6. The Kier molecular flexibility index (Phi) is 3.57. The van der Waals surface area contributed by atoms with Crippen LogP contribution in [0.15, 0.2) is 45.6 Å². The van der Waals surface area contributed by atoms with Crippen molar-refractivity contribution in [1.82, 2.24) is 0 Å². The molecule has 0 spiro atoms. The van der Waals surface area contributed by atoms with Crippen molar-refractivity contribution in [2.24, 2.45) is 0 Å². The van der Waals surface area contributed by atoms with Gasteiger partial charge >= 0.3 is 0 Å². The van der Waals surface area contributed by atoms with Crippen LogP contribution in [-0.2, 0) is 0 Å². The maximum Gasteiger partial charge on any atom is 0.239 e. The summed E-state index contributed by atoms with van der Waals surface area (Å²) >= 11 is 0. The molecule has 0 saturated carbocycles. The summed E-state index contributed by atoms with van der Waals surface area (Å²) in [5.41, 5.74) is 0.244. The average Bonchev–Trinajstić information content (AvgIpc) is 2.54. The number of aromatic hydroxyl groups is 2. The number of hydrogen-bond acceptors (Lipinski definition) is 6. The fraction of sp³-hybridized carbons (Fsp3) is 0.118. The number of fused-ring (bicyclic) bond motifs is 1. The molecule has 3 aromatic rings. The minimum absolute atomic E-state index is 0.0187. The van der Waals surface area contributed by atoms with Gasteiger partial charge in [-0.3, -0.25) is 4.79 Å². The van der Waals surface area contributed by atoms with Crippen LogP contribution in [-0.4, -0.2) is 24.4 Å². The fourth-order valence-electron chi connectivity index (χ4n) is 2.36. The molecule has 6 nitrogen and oxygen atoms in total. The van der Waals surface area contributed by atoms with Crippen molar-refractivity contribution in [2.75, 3.05) is 14.2 Å². The van der Waals surface area contributed by atoms with Gasteiger partial charge in [0.15, 0.2) is 5.76 Å². The Balaban J connectivity index is 2.37. The van der Waals surface area contributed by atoms with Crippen molar-refractivity contribution in [3.8, 4) is 34.3 Å². The van der Waals surface area contributed by atoms with E-state index in [0.717, 1.165) is 0 Å². The van der Waals surface area contributed by atoms with E-state index in [1.54, 1.807) is 12.1 Å². The summed E-state index contributed by atoms with van der Waals surface area (Å²) in [5.74, 6) is 0.389. The van der Waals surface area contributed by atoms with E-state index in [2.05, 4.69) is 0 Å². The zero-order chi connectivity index (χ0) is 16.6. The largest absolute Gasteiger partial charge is 0.508 e. The van der Waals surface area contributed by atoms with Crippen LogP contribution in [0, 0.1) is 0 Å². The van der Waals surface area contributed by atoms with Gasteiger partial charge in [0.2, 0.25) is 11.2 Å². The van der Waals surface area contributed by atoms with Crippen molar-refractivity contribution in [2.45, 2.75) is 0 Å². The minimum atomic E-state index is -0.489. The van der Waals surface area contributed by atoms with Gasteiger partial charge in [-0.05, 0) is 24.3 Å². The second-order valence-corrected chi connectivity index (χ2v) is 4.86. The number of phenolic OH excluding ortho intramolecular Hbond substituents is 2. The summed E-state index contributed by atoms with van der Waals surface area (Å²) in [4.78, 5) is 12.6. The molecule has 0 aliphatic rings. The Bertz CT molecular complexity index is 924. The minimum Gasteiger partial charge on any atom is -0.508 e. The molecule has 0 aliphatic carbocycles. The molecule has 0 unspecified atom stereocenters. The van der Waals surface area contributed by atoms with Crippen molar-refractivity contribution in [3.05, 3.63) is 46.6 Å². The molecule has 0 saturated heterocycles. The lowest BCUT2D eigenvalue weighted by molar-refractivity contribution is 0.394. The molecule has 23 heavy (non-hydrogen) atoms. The molecule has 0 bridgehead atoms. The average molecular weight is 314 g/mol. The Hall–Kier alpha value is -3.15. The lowest BCUT2D eigenvalue weighted by Gasteiger charge is -2.11. The maximum atomic E-state index is 12.6. The monoisotopic (exact) mass is 314 g/mol. The fourth-order valence-corrected chi connectivity index (χ4v) is 2.36. The molecule has 118 valence electrons. The summed E-state index contributed by atoms with van der Waals surface area (Å²) in [6.07, 6.45) is 0. The van der Waals surface area contributed by atoms with Crippen LogP contribution in [0.2, 0.25) is 0 Å². The zero-order valence-electron chi connectivity index (χ0n) is 12.5. The van der Waals surface area contributed by atoms with Crippen LogP contribution in [0.25, 0.3) is 22.3 Å². The summed E-state index contributed by atoms with van der Waals surface area (Å²) in [5, 5.41) is 19.5.